The number of hydrogen-bond donors (Lipinski definition) is 4. The summed E-state index contributed by atoms with van der Waals surface area (Å²) in [5.41, 5.74) is 0.564. The monoisotopic (exact) mass is 283 g/mol. The van der Waals surface area contributed by atoms with Crippen LogP contribution in [0.5, 0.6) is 0 Å². The Labute approximate surface area is 116 Å². The Morgan fingerprint density at radius 1 is 1.40 bits per heavy atom. The van der Waals surface area contributed by atoms with E-state index in [9.17, 15) is 14.7 Å². The van der Waals surface area contributed by atoms with Crippen molar-refractivity contribution in [2.75, 3.05) is 26.4 Å². The molecule has 1 aromatic rings. The van der Waals surface area contributed by atoms with Gasteiger partial charge in [-0.2, -0.15) is 0 Å². The standard InChI is InChI=1S/C13H21N3O4/c1-9-10(12(19)16-15-9)6-11(18)14-7-13(8-17)2-4-20-5-3-13/h17H,2-8H2,1H3,(H,14,18)(H2,15,16,19). The maximum atomic E-state index is 11.9. The van der Waals surface area contributed by atoms with Crippen LogP contribution in [0.1, 0.15) is 24.1 Å². The van der Waals surface area contributed by atoms with Gasteiger partial charge in [-0.15, -0.1) is 0 Å². The van der Waals surface area contributed by atoms with Crippen LogP contribution >= 0.6 is 0 Å². The maximum Gasteiger partial charge on any atom is 0.267 e. The second-order valence-electron chi connectivity index (χ2n) is 5.41. The Hall–Kier alpha value is -1.60. The molecule has 1 fully saturated rings. The molecule has 1 aliphatic rings. The molecule has 0 aromatic carbocycles. The van der Waals surface area contributed by atoms with Crippen LogP contribution < -0.4 is 10.9 Å². The molecule has 0 saturated carbocycles. The largest absolute Gasteiger partial charge is 0.396 e. The highest BCUT2D eigenvalue weighted by atomic mass is 16.5. The summed E-state index contributed by atoms with van der Waals surface area (Å²) in [6.45, 7) is 3.39. The summed E-state index contributed by atoms with van der Waals surface area (Å²) in [6, 6.07) is 0. The number of nitrogens with one attached hydrogen (secondary N) is 3. The van der Waals surface area contributed by atoms with Crippen molar-refractivity contribution < 1.29 is 14.6 Å². The van der Waals surface area contributed by atoms with E-state index in [4.69, 9.17) is 4.74 Å². The summed E-state index contributed by atoms with van der Waals surface area (Å²) in [6.07, 6.45) is 1.50. The van der Waals surface area contributed by atoms with E-state index in [1.807, 2.05) is 0 Å². The molecule has 20 heavy (non-hydrogen) atoms. The fourth-order valence-corrected chi connectivity index (χ4v) is 2.39. The number of ether oxygens (including phenoxy) is 1. The van der Waals surface area contributed by atoms with Gasteiger partial charge in [-0.05, 0) is 19.8 Å². The number of carbonyl (C=O) groups is 1. The Morgan fingerprint density at radius 3 is 2.65 bits per heavy atom. The van der Waals surface area contributed by atoms with Crippen LogP contribution in [0.4, 0.5) is 0 Å². The number of hydrogen-bond acceptors (Lipinski definition) is 4. The predicted molar refractivity (Wildman–Crippen MR) is 72.4 cm³/mol. The third-order valence-corrected chi connectivity index (χ3v) is 3.98. The van der Waals surface area contributed by atoms with Crippen LogP contribution in [-0.2, 0) is 16.0 Å². The van der Waals surface area contributed by atoms with E-state index in [1.165, 1.54) is 0 Å². The van der Waals surface area contributed by atoms with Crippen LogP contribution in [0, 0.1) is 12.3 Å². The average molecular weight is 283 g/mol. The van der Waals surface area contributed by atoms with Crippen molar-refractivity contribution in [3.8, 4) is 0 Å². The minimum atomic E-state index is -0.298. The van der Waals surface area contributed by atoms with Crippen LogP contribution in [0.15, 0.2) is 4.79 Å². The number of aromatic amines is 2. The third kappa shape index (κ3) is 3.29. The Balaban J connectivity index is 1.90. The molecular formula is C13H21N3O4. The molecule has 7 heteroatoms. The predicted octanol–water partition coefficient (Wildman–Crippen LogP) is -0.541. The molecule has 0 unspecified atom stereocenters. The van der Waals surface area contributed by atoms with Crippen molar-refractivity contribution >= 4 is 5.91 Å². The molecule has 1 amide bonds. The molecule has 0 radical (unpaired) electrons. The van der Waals surface area contributed by atoms with Gasteiger partial charge in [0.2, 0.25) is 5.91 Å². The lowest BCUT2D eigenvalue weighted by molar-refractivity contribution is -0.121. The van der Waals surface area contributed by atoms with Gasteiger partial charge in [-0.3, -0.25) is 14.7 Å². The van der Waals surface area contributed by atoms with Gasteiger partial charge in [0.15, 0.2) is 0 Å². The lowest BCUT2D eigenvalue weighted by Crippen LogP contribution is -2.44. The molecule has 1 aromatic heterocycles. The number of H-pyrrole nitrogens is 2. The minimum Gasteiger partial charge on any atom is -0.396 e. The van der Waals surface area contributed by atoms with Crippen molar-refractivity contribution in [3.05, 3.63) is 21.6 Å². The van der Waals surface area contributed by atoms with E-state index in [1.54, 1.807) is 6.92 Å². The fraction of sp³-hybridized carbons (Fsp3) is 0.692. The molecule has 4 N–H and O–H groups in total. The van der Waals surface area contributed by atoms with E-state index >= 15 is 0 Å². The number of rotatable bonds is 5. The summed E-state index contributed by atoms with van der Waals surface area (Å²) in [7, 11) is 0. The topological polar surface area (TPSA) is 107 Å². The van der Waals surface area contributed by atoms with Gasteiger partial charge < -0.3 is 20.3 Å². The zero-order valence-electron chi connectivity index (χ0n) is 11.6. The van der Waals surface area contributed by atoms with E-state index in [-0.39, 0.29) is 29.9 Å². The molecule has 2 heterocycles. The first kappa shape index (κ1) is 14.8. The molecule has 7 nitrogen and oxygen atoms in total. The first-order valence-electron chi connectivity index (χ1n) is 6.78. The normalized spacial score (nSPS) is 17.9. The summed E-state index contributed by atoms with van der Waals surface area (Å²) in [5.74, 6) is -0.211. The number of aliphatic hydroxyl groups excluding tert-OH is 1. The third-order valence-electron chi connectivity index (χ3n) is 3.98. The molecule has 2 rings (SSSR count). The lowest BCUT2D eigenvalue weighted by atomic mass is 9.81. The summed E-state index contributed by atoms with van der Waals surface area (Å²) < 4.78 is 5.28. The molecular weight excluding hydrogens is 262 g/mol. The molecule has 1 saturated heterocycles. The van der Waals surface area contributed by atoms with Crippen molar-refractivity contribution in [2.45, 2.75) is 26.2 Å². The van der Waals surface area contributed by atoms with Gasteiger partial charge in [0.05, 0.1) is 13.0 Å². The molecule has 0 bridgehead atoms. The highest BCUT2D eigenvalue weighted by molar-refractivity contribution is 5.78. The van der Waals surface area contributed by atoms with Crippen LogP contribution in [-0.4, -0.2) is 47.6 Å². The zero-order valence-corrected chi connectivity index (χ0v) is 11.6. The van der Waals surface area contributed by atoms with Gasteiger partial charge in [-0.1, -0.05) is 0 Å². The van der Waals surface area contributed by atoms with E-state index in [0.29, 0.717) is 31.0 Å². The summed E-state index contributed by atoms with van der Waals surface area (Å²) in [4.78, 5) is 23.4. The van der Waals surface area contributed by atoms with Gasteiger partial charge in [0.1, 0.15) is 0 Å². The smallest absolute Gasteiger partial charge is 0.267 e. The van der Waals surface area contributed by atoms with E-state index < -0.39 is 0 Å². The van der Waals surface area contributed by atoms with Crippen LogP contribution in [0.2, 0.25) is 0 Å². The number of amides is 1. The fourth-order valence-electron chi connectivity index (χ4n) is 2.39. The second kappa shape index (κ2) is 6.23. The Kier molecular flexibility index (Phi) is 4.61. The van der Waals surface area contributed by atoms with E-state index in [2.05, 4.69) is 15.5 Å². The molecule has 0 aliphatic carbocycles. The summed E-state index contributed by atoms with van der Waals surface area (Å²) in [5, 5.41) is 17.5. The van der Waals surface area contributed by atoms with Gasteiger partial charge in [0, 0.05) is 36.4 Å². The number of aliphatic hydroxyl groups is 1. The second-order valence-corrected chi connectivity index (χ2v) is 5.41. The molecule has 0 atom stereocenters. The van der Waals surface area contributed by atoms with Gasteiger partial charge in [-0.25, -0.2) is 0 Å². The molecule has 1 aliphatic heterocycles. The van der Waals surface area contributed by atoms with Crippen molar-refractivity contribution in [1.82, 2.24) is 15.5 Å². The molecule has 0 spiro atoms. The van der Waals surface area contributed by atoms with Crippen molar-refractivity contribution in [1.29, 1.82) is 0 Å². The lowest BCUT2D eigenvalue weighted by Gasteiger charge is -2.35. The highest BCUT2D eigenvalue weighted by Crippen LogP contribution is 2.28. The Bertz CT molecular complexity index is 514. The first-order valence-corrected chi connectivity index (χ1v) is 6.78. The number of carbonyl (C=O) groups excluding carboxylic acids is 1. The minimum absolute atomic E-state index is 0.0282. The van der Waals surface area contributed by atoms with Crippen molar-refractivity contribution in [2.24, 2.45) is 5.41 Å². The first-order chi connectivity index (χ1) is 9.56. The van der Waals surface area contributed by atoms with Crippen LogP contribution in [0.3, 0.4) is 0 Å². The van der Waals surface area contributed by atoms with Crippen LogP contribution in [0.25, 0.3) is 0 Å². The SMILES string of the molecule is Cc1[nH][nH]c(=O)c1CC(=O)NCC1(CO)CCOCC1. The van der Waals surface area contributed by atoms with Gasteiger partial charge >= 0.3 is 0 Å². The zero-order chi connectivity index (χ0) is 14.6. The summed E-state index contributed by atoms with van der Waals surface area (Å²) >= 11 is 0. The van der Waals surface area contributed by atoms with E-state index in [0.717, 1.165) is 12.8 Å². The highest BCUT2D eigenvalue weighted by Gasteiger charge is 2.32. The maximum absolute atomic E-state index is 11.9. The van der Waals surface area contributed by atoms with Crippen molar-refractivity contribution in [3.63, 3.8) is 0 Å². The van der Waals surface area contributed by atoms with Gasteiger partial charge in [0.25, 0.3) is 5.56 Å². The number of aryl methyl sites for hydroxylation is 1. The molecule has 112 valence electrons. The quantitative estimate of drug-likeness (QED) is 0.582. The average Bonchev–Trinajstić information content (AvgIpc) is 2.78. The number of aromatic nitrogens is 2. The Morgan fingerprint density at radius 2 is 2.10 bits per heavy atom.